The van der Waals surface area contributed by atoms with E-state index in [0.717, 1.165) is 43.2 Å². The monoisotopic (exact) mass is 277 g/mol. The van der Waals surface area contributed by atoms with E-state index in [9.17, 15) is 0 Å². The summed E-state index contributed by atoms with van der Waals surface area (Å²) in [6.07, 6.45) is 6.89. The van der Waals surface area contributed by atoms with Crippen molar-refractivity contribution in [3.63, 3.8) is 0 Å². The van der Waals surface area contributed by atoms with Gasteiger partial charge in [0.1, 0.15) is 5.82 Å². The highest BCUT2D eigenvalue weighted by Crippen LogP contribution is 2.10. The second-order valence-corrected chi connectivity index (χ2v) is 5.26. The zero-order valence-corrected chi connectivity index (χ0v) is 12.0. The summed E-state index contributed by atoms with van der Waals surface area (Å²) in [6, 6.07) is 8.10. The second-order valence-electron chi connectivity index (χ2n) is 4.82. The lowest BCUT2D eigenvalue weighted by atomic mass is 10.1. The van der Waals surface area contributed by atoms with Crippen molar-refractivity contribution in [2.75, 3.05) is 20.1 Å². The van der Waals surface area contributed by atoms with Crippen molar-refractivity contribution in [1.82, 2.24) is 14.9 Å². The Bertz CT molecular complexity index is 465. The molecular formula is C15H20ClN3. The smallest absolute Gasteiger partial charge is 0.106 e. The number of hydrogen-bond acceptors (Lipinski definition) is 2. The molecule has 0 aliphatic carbocycles. The van der Waals surface area contributed by atoms with Gasteiger partial charge in [-0.15, -0.1) is 0 Å². The summed E-state index contributed by atoms with van der Waals surface area (Å²) in [5.74, 6) is 1.08. The second kappa shape index (κ2) is 7.31. The van der Waals surface area contributed by atoms with Crippen LogP contribution in [0, 0.1) is 0 Å². The Hall–Kier alpha value is -1.32. The lowest BCUT2D eigenvalue weighted by Gasteiger charge is -2.16. The van der Waals surface area contributed by atoms with Crippen molar-refractivity contribution < 1.29 is 0 Å². The molecule has 0 atom stereocenters. The molecule has 102 valence electrons. The van der Waals surface area contributed by atoms with Gasteiger partial charge in [0.2, 0.25) is 0 Å². The van der Waals surface area contributed by atoms with Crippen molar-refractivity contribution in [2.24, 2.45) is 0 Å². The van der Waals surface area contributed by atoms with Crippen molar-refractivity contribution in [3.8, 4) is 0 Å². The average Bonchev–Trinajstić information content (AvgIpc) is 2.91. The van der Waals surface area contributed by atoms with Crippen LogP contribution in [0.25, 0.3) is 0 Å². The molecule has 0 aliphatic rings. The number of aromatic amines is 1. The number of halogens is 1. The first-order valence-electron chi connectivity index (χ1n) is 6.65. The van der Waals surface area contributed by atoms with Crippen LogP contribution in [0.4, 0.5) is 0 Å². The summed E-state index contributed by atoms with van der Waals surface area (Å²) in [7, 11) is 2.16. The molecule has 0 bridgehead atoms. The molecule has 2 aromatic rings. The minimum Gasteiger partial charge on any atom is -0.349 e. The molecule has 1 N–H and O–H groups in total. The largest absolute Gasteiger partial charge is 0.349 e. The zero-order valence-electron chi connectivity index (χ0n) is 11.3. The maximum Gasteiger partial charge on any atom is 0.106 e. The van der Waals surface area contributed by atoms with Gasteiger partial charge in [-0.3, -0.25) is 0 Å². The number of nitrogens with zero attached hydrogens (tertiary/aromatic N) is 2. The molecule has 0 spiro atoms. The molecule has 0 saturated carbocycles. The summed E-state index contributed by atoms with van der Waals surface area (Å²) in [5.41, 5.74) is 1.34. The van der Waals surface area contributed by atoms with Crippen LogP contribution in [0.2, 0.25) is 5.02 Å². The Morgan fingerprint density at radius 3 is 2.63 bits per heavy atom. The minimum atomic E-state index is 0.801. The number of nitrogens with one attached hydrogen (secondary N) is 1. The number of H-pyrrole nitrogens is 1. The van der Waals surface area contributed by atoms with Crippen molar-refractivity contribution >= 4 is 11.6 Å². The fraction of sp³-hybridized carbons (Fsp3) is 0.400. The molecule has 19 heavy (non-hydrogen) atoms. The van der Waals surface area contributed by atoms with Gasteiger partial charge in [-0.05, 0) is 44.1 Å². The van der Waals surface area contributed by atoms with E-state index in [1.807, 2.05) is 18.3 Å². The fourth-order valence-electron chi connectivity index (χ4n) is 2.03. The van der Waals surface area contributed by atoms with Crippen molar-refractivity contribution in [2.45, 2.75) is 19.3 Å². The Morgan fingerprint density at radius 2 is 1.95 bits per heavy atom. The molecule has 3 nitrogen and oxygen atoms in total. The normalized spacial score (nSPS) is 11.1. The third-order valence-corrected chi connectivity index (χ3v) is 3.46. The Balaban J connectivity index is 1.64. The van der Waals surface area contributed by atoms with Gasteiger partial charge in [-0.2, -0.15) is 0 Å². The third-order valence-electron chi connectivity index (χ3n) is 3.20. The first-order valence-corrected chi connectivity index (χ1v) is 7.03. The van der Waals surface area contributed by atoms with E-state index in [4.69, 9.17) is 11.6 Å². The van der Waals surface area contributed by atoms with E-state index < -0.39 is 0 Å². The predicted molar refractivity (Wildman–Crippen MR) is 79.6 cm³/mol. The van der Waals surface area contributed by atoms with Crippen LogP contribution in [-0.4, -0.2) is 35.0 Å². The van der Waals surface area contributed by atoms with E-state index in [1.54, 1.807) is 6.20 Å². The first kappa shape index (κ1) is 14.1. The zero-order chi connectivity index (χ0) is 13.5. The van der Waals surface area contributed by atoms with Crippen molar-refractivity contribution in [3.05, 3.63) is 53.1 Å². The maximum atomic E-state index is 5.87. The molecule has 1 aromatic carbocycles. The van der Waals surface area contributed by atoms with Crippen LogP contribution in [0.15, 0.2) is 36.7 Å². The quantitative estimate of drug-likeness (QED) is 0.843. The van der Waals surface area contributed by atoms with Crippen LogP contribution in [0.3, 0.4) is 0 Å². The summed E-state index contributed by atoms with van der Waals surface area (Å²) < 4.78 is 0. The van der Waals surface area contributed by atoms with Crippen LogP contribution < -0.4 is 0 Å². The number of aromatic nitrogens is 2. The topological polar surface area (TPSA) is 31.9 Å². The molecule has 0 radical (unpaired) electrons. The summed E-state index contributed by atoms with van der Waals surface area (Å²) in [6.45, 7) is 2.16. The molecule has 4 heteroatoms. The van der Waals surface area contributed by atoms with Gasteiger partial charge >= 0.3 is 0 Å². The average molecular weight is 278 g/mol. The minimum absolute atomic E-state index is 0.801. The number of aryl methyl sites for hydroxylation is 1. The third kappa shape index (κ3) is 5.05. The fourth-order valence-corrected chi connectivity index (χ4v) is 2.16. The van der Waals surface area contributed by atoms with Crippen molar-refractivity contribution in [1.29, 1.82) is 0 Å². The molecule has 0 amide bonds. The lowest BCUT2D eigenvalue weighted by Crippen LogP contribution is -2.22. The summed E-state index contributed by atoms with van der Waals surface area (Å²) in [4.78, 5) is 9.72. The number of likely N-dealkylation sites (N-methyl/N-ethyl adjacent to an activating group) is 1. The predicted octanol–water partition coefficient (Wildman–Crippen LogP) is 3.17. The van der Waals surface area contributed by atoms with Gasteiger partial charge in [0.05, 0.1) is 0 Å². The molecular weight excluding hydrogens is 258 g/mol. The van der Waals surface area contributed by atoms with Gasteiger partial charge in [0, 0.05) is 30.4 Å². The summed E-state index contributed by atoms with van der Waals surface area (Å²) >= 11 is 5.87. The standard InChI is InChI=1S/C15H20ClN3/c1-19(11-2-3-15-17-9-10-18-15)12-8-13-4-6-14(16)7-5-13/h4-7,9-10H,2-3,8,11-12H2,1H3,(H,17,18). The maximum absolute atomic E-state index is 5.87. The van der Waals surface area contributed by atoms with Crippen LogP contribution >= 0.6 is 11.6 Å². The van der Waals surface area contributed by atoms with E-state index in [2.05, 4.69) is 34.0 Å². The van der Waals surface area contributed by atoms with Crippen LogP contribution in [0.1, 0.15) is 17.8 Å². The molecule has 0 aliphatic heterocycles. The van der Waals surface area contributed by atoms with Gasteiger partial charge in [0.25, 0.3) is 0 Å². The Morgan fingerprint density at radius 1 is 1.16 bits per heavy atom. The number of hydrogen-bond donors (Lipinski definition) is 1. The van der Waals surface area contributed by atoms with Gasteiger partial charge in [-0.25, -0.2) is 4.98 Å². The first-order chi connectivity index (χ1) is 9.24. The van der Waals surface area contributed by atoms with Crippen LogP contribution in [0.5, 0.6) is 0 Å². The highest BCUT2D eigenvalue weighted by molar-refractivity contribution is 6.30. The SMILES string of the molecule is CN(CCCc1ncc[nH]1)CCc1ccc(Cl)cc1. The highest BCUT2D eigenvalue weighted by Gasteiger charge is 2.01. The molecule has 0 saturated heterocycles. The number of benzene rings is 1. The molecule has 0 fully saturated rings. The molecule has 0 unspecified atom stereocenters. The Labute approximate surface area is 119 Å². The summed E-state index contributed by atoms with van der Waals surface area (Å²) in [5, 5.41) is 0.801. The van der Waals surface area contributed by atoms with E-state index in [-0.39, 0.29) is 0 Å². The van der Waals surface area contributed by atoms with Crippen LogP contribution in [-0.2, 0) is 12.8 Å². The van der Waals surface area contributed by atoms with Gasteiger partial charge < -0.3 is 9.88 Å². The number of imidazole rings is 1. The van der Waals surface area contributed by atoms with E-state index >= 15 is 0 Å². The number of rotatable bonds is 7. The molecule has 1 heterocycles. The highest BCUT2D eigenvalue weighted by atomic mass is 35.5. The van der Waals surface area contributed by atoms with Gasteiger partial charge in [-0.1, -0.05) is 23.7 Å². The van der Waals surface area contributed by atoms with E-state index in [1.165, 1.54) is 5.56 Å². The van der Waals surface area contributed by atoms with E-state index in [0.29, 0.717) is 0 Å². The lowest BCUT2D eigenvalue weighted by molar-refractivity contribution is 0.333. The van der Waals surface area contributed by atoms with Gasteiger partial charge in [0.15, 0.2) is 0 Å². The molecule has 1 aromatic heterocycles. The molecule has 2 rings (SSSR count). The Kier molecular flexibility index (Phi) is 5.43.